The molecular formula is C30H28N4O2. The molecule has 6 nitrogen and oxygen atoms in total. The third kappa shape index (κ3) is 3.90. The highest BCUT2D eigenvalue weighted by atomic mass is 16.2. The fourth-order valence-electron chi connectivity index (χ4n) is 4.66. The summed E-state index contributed by atoms with van der Waals surface area (Å²) in [6.07, 6.45) is 0. The van der Waals surface area contributed by atoms with Crippen molar-refractivity contribution in [3.63, 3.8) is 0 Å². The maximum Gasteiger partial charge on any atom is 0.295 e. The number of nitrogens with zero attached hydrogens (tertiary/aromatic N) is 4. The second kappa shape index (κ2) is 9.30. The first-order valence-electron chi connectivity index (χ1n) is 12.0. The van der Waals surface area contributed by atoms with Gasteiger partial charge in [-0.1, -0.05) is 66.7 Å². The Bertz CT molecular complexity index is 1620. The van der Waals surface area contributed by atoms with Gasteiger partial charge in [-0.25, -0.2) is 9.67 Å². The Kier molecular flexibility index (Phi) is 6.02. The van der Waals surface area contributed by atoms with E-state index in [0.717, 1.165) is 22.2 Å². The smallest absolute Gasteiger partial charge is 0.295 e. The van der Waals surface area contributed by atoms with Crippen LogP contribution >= 0.6 is 0 Å². The Hall–Kier alpha value is -4.45. The van der Waals surface area contributed by atoms with Crippen LogP contribution in [0.2, 0.25) is 0 Å². The molecule has 5 aromatic rings. The number of aromatic nitrogens is 3. The molecule has 36 heavy (non-hydrogen) atoms. The van der Waals surface area contributed by atoms with Gasteiger partial charge in [0.25, 0.3) is 11.5 Å². The van der Waals surface area contributed by atoms with Gasteiger partial charge in [0, 0.05) is 24.0 Å². The van der Waals surface area contributed by atoms with E-state index in [-0.39, 0.29) is 17.5 Å². The normalized spacial score (nSPS) is 11.2. The highest BCUT2D eigenvalue weighted by molar-refractivity contribution is 6.14. The van der Waals surface area contributed by atoms with Crippen LogP contribution in [0.3, 0.4) is 0 Å². The molecule has 0 aliphatic carbocycles. The van der Waals surface area contributed by atoms with Crippen molar-refractivity contribution >= 4 is 22.5 Å². The third-order valence-corrected chi connectivity index (χ3v) is 6.52. The number of fused-ring (bicyclic) bond motifs is 1. The summed E-state index contributed by atoms with van der Waals surface area (Å²) in [7, 11) is 1.84. The Balaban J connectivity index is 1.71. The predicted molar refractivity (Wildman–Crippen MR) is 145 cm³/mol. The van der Waals surface area contributed by atoms with Gasteiger partial charge in [-0.2, -0.15) is 0 Å². The fourth-order valence-corrected chi connectivity index (χ4v) is 4.66. The van der Waals surface area contributed by atoms with Crippen LogP contribution in [0.25, 0.3) is 27.8 Å². The molecule has 0 N–H and O–H groups in total. The van der Waals surface area contributed by atoms with Crippen molar-refractivity contribution in [2.75, 3.05) is 4.90 Å². The topological polar surface area (TPSA) is 60.1 Å². The molecule has 3 aromatic carbocycles. The monoisotopic (exact) mass is 476 g/mol. The summed E-state index contributed by atoms with van der Waals surface area (Å²) < 4.78 is 3.41. The first-order chi connectivity index (χ1) is 17.4. The molecule has 0 saturated carbocycles. The highest BCUT2D eigenvalue weighted by Gasteiger charge is 2.30. The molecule has 0 atom stereocenters. The lowest BCUT2D eigenvalue weighted by Gasteiger charge is -2.26. The summed E-state index contributed by atoms with van der Waals surface area (Å²) in [6, 6.07) is 28.5. The molecular weight excluding hydrogens is 448 g/mol. The summed E-state index contributed by atoms with van der Waals surface area (Å²) in [5.74, 6) is -0.230. The Morgan fingerprint density at radius 3 is 2.17 bits per heavy atom. The van der Waals surface area contributed by atoms with Crippen LogP contribution in [0.15, 0.2) is 95.8 Å². The van der Waals surface area contributed by atoms with Crippen LogP contribution in [0.1, 0.15) is 29.9 Å². The van der Waals surface area contributed by atoms with Crippen LogP contribution in [-0.4, -0.2) is 26.3 Å². The lowest BCUT2D eigenvalue weighted by molar-refractivity contribution is 0.0981. The summed E-state index contributed by atoms with van der Waals surface area (Å²) in [6.45, 7) is 5.73. The van der Waals surface area contributed by atoms with E-state index in [2.05, 4.69) is 0 Å². The summed E-state index contributed by atoms with van der Waals surface area (Å²) in [5.41, 5.74) is 4.50. The minimum Gasteiger partial charge on any atom is -0.299 e. The predicted octanol–water partition coefficient (Wildman–Crippen LogP) is 5.75. The van der Waals surface area contributed by atoms with Crippen LogP contribution in [0.5, 0.6) is 0 Å². The molecule has 2 aromatic heterocycles. The summed E-state index contributed by atoms with van der Waals surface area (Å²) in [4.78, 5) is 34.5. The number of hydrogen-bond donors (Lipinski definition) is 0. The van der Waals surface area contributed by atoms with E-state index in [1.165, 1.54) is 0 Å². The molecule has 0 aliphatic heterocycles. The fraction of sp³-hybridized carbons (Fsp3) is 0.167. The minimum atomic E-state index is -0.248. The van der Waals surface area contributed by atoms with Crippen molar-refractivity contribution in [3.05, 3.63) is 113 Å². The zero-order valence-electron chi connectivity index (χ0n) is 20.8. The maximum absolute atomic E-state index is 14.3. The average Bonchev–Trinajstić information content (AvgIpc) is 3.12. The number of amides is 1. The number of pyridine rings is 1. The first kappa shape index (κ1) is 23.3. The van der Waals surface area contributed by atoms with E-state index in [4.69, 9.17) is 4.98 Å². The summed E-state index contributed by atoms with van der Waals surface area (Å²) >= 11 is 0. The number of carbonyl (C=O) groups is 1. The molecule has 1 amide bonds. The summed E-state index contributed by atoms with van der Waals surface area (Å²) in [5, 5.41) is 0.754. The second-order valence-electron chi connectivity index (χ2n) is 9.12. The van der Waals surface area contributed by atoms with E-state index >= 15 is 0 Å². The van der Waals surface area contributed by atoms with Gasteiger partial charge in [0.2, 0.25) is 0 Å². The lowest BCUT2D eigenvalue weighted by atomic mass is 10.0. The molecule has 180 valence electrons. The van der Waals surface area contributed by atoms with Crippen molar-refractivity contribution in [1.82, 2.24) is 14.3 Å². The van der Waals surface area contributed by atoms with E-state index in [0.29, 0.717) is 22.6 Å². The van der Waals surface area contributed by atoms with Crippen LogP contribution in [-0.2, 0) is 7.05 Å². The second-order valence-corrected chi connectivity index (χ2v) is 9.12. The molecule has 6 heteroatoms. The van der Waals surface area contributed by atoms with Crippen molar-refractivity contribution in [2.45, 2.75) is 26.8 Å². The van der Waals surface area contributed by atoms with Crippen molar-refractivity contribution in [2.24, 2.45) is 7.05 Å². The van der Waals surface area contributed by atoms with Crippen LogP contribution in [0.4, 0.5) is 5.69 Å². The van der Waals surface area contributed by atoms with Gasteiger partial charge < -0.3 is 0 Å². The number of hydrogen-bond acceptors (Lipinski definition) is 3. The number of benzene rings is 3. The zero-order valence-corrected chi connectivity index (χ0v) is 20.8. The van der Waals surface area contributed by atoms with E-state index in [1.807, 2.05) is 119 Å². The number of para-hydroxylation sites is 2. The molecule has 0 saturated heterocycles. The molecule has 0 spiro atoms. The van der Waals surface area contributed by atoms with Gasteiger partial charge in [-0.3, -0.25) is 19.2 Å². The molecule has 2 heterocycles. The molecule has 0 unspecified atom stereocenters. The van der Waals surface area contributed by atoms with Crippen molar-refractivity contribution in [1.29, 1.82) is 0 Å². The zero-order chi connectivity index (χ0) is 25.4. The average molecular weight is 477 g/mol. The van der Waals surface area contributed by atoms with Gasteiger partial charge >= 0.3 is 0 Å². The number of rotatable bonds is 5. The number of carbonyl (C=O) groups excluding carboxylic acids is 1. The molecule has 0 radical (unpaired) electrons. The number of anilines is 1. The van der Waals surface area contributed by atoms with Gasteiger partial charge in [0.1, 0.15) is 5.69 Å². The largest absolute Gasteiger partial charge is 0.299 e. The van der Waals surface area contributed by atoms with Gasteiger partial charge in [-0.05, 0) is 45.0 Å². The van der Waals surface area contributed by atoms with E-state index in [1.54, 1.807) is 14.3 Å². The molecule has 5 rings (SSSR count). The molecule has 0 bridgehead atoms. The standard InChI is InChI=1S/C30H28N4O2/c1-20(2)33(28-21(3)32(4)34(30(28)36)23-15-9-6-10-16-23)29(35)25-19-27(22-13-7-5-8-14-22)31-26-18-12-11-17-24(25)26/h5-20H,1-4H3. The lowest BCUT2D eigenvalue weighted by Crippen LogP contribution is -2.40. The highest BCUT2D eigenvalue weighted by Crippen LogP contribution is 2.29. The van der Waals surface area contributed by atoms with E-state index in [9.17, 15) is 9.59 Å². The van der Waals surface area contributed by atoms with E-state index < -0.39 is 0 Å². The Morgan fingerprint density at radius 2 is 1.50 bits per heavy atom. The molecule has 0 aliphatic rings. The maximum atomic E-state index is 14.3. The SMILES string of the molecule is Cc1c(N(C(=O)c2cc(-c3ccccc3)nc3ccccc23)C(C)C)c(=O)n(-c2ccccc2)n1C. The molecule has 0 fully saturated rings. The quantitative estimate of drug-likeness (QED) is 0.324. The van der Waals surface area contributed by atoms with Crippen molar-refractivity contribution < 1.29 is 4.79 Å². The van der Waals surface area contributed by atoms with Gasteiger partial charge in [0.05, 0.1) is 28.2 Å². The Labute approximate surface area is 210 Å². The Morgan fingerprint density at radius 1 is 0.889 bits per heavy atom. The van der Waals surface area contributed by atoms with Gasteiger partial charge in [-0.15, -0.1) is 0 Å². The van der Waals surface area contributed by atoms with Crippen molar-refractivity contribution in [3.8, 4) is 16.9 Å². The van der Waals surface area contributed by atoms with Gasteiger partial charge in [0.15, 0.2) is 0 Å². The minimum absolute atomic E-state index is 0.230. The first-order valence-corrected chi connectivity index (χ1v) is 12.0. The van der Waals surface area contributed by atoms with Crippen LogP contribution < -0.4 is 10.5 Å². The van der Waals surface area contributed by atoms with Crippen LogP contribution in [0, 0.1) is 6.92 Å². The third-order valence-electron chi connectivity index (χ3n) is 6.52.